The molecule has 0 saturated carbocycles. The Bertz CT molecular complexity index is 1370. The summed E-state index contributed by atoms with van der Waals surface area (Å²) in [5.41, 5.74) is 5.03. The predicted octanol–water partition coefficient (Wildman–Crippen LogP) is 5.80. The van der Waals surface area contributed by atoms with Crippen molar-refractivity contribution in [2.24, 2.45) is 0 Å². The van der Waals surface area contributed by atoms with E-state index < -0.39 is 6.04 Å². The molecule has 198 valence electrons. The van der Waals surface area contributed by atoms with Gasteiger partial charge in [0.1, 0.15) is 0 Å². The second-order valence-corrected chi connectivity index (χ2v) is 9.29. The van der Waals surface area contributed by atoms with Crippen LogP contribution in [0, 0.1) is 0 Å². The van der Waals surface area contributed by atoms with Gasteiger partial charge >= 0.3 is 0 Å². The summed E-state index contributed by atoms with van der Waals surface area (Å²) in [6, 6.07) is 16.7. The number of phenols is 1. The quantitative estimate of drug-likeness (QED) is 0.363. The molecule has 0 bridgehead atoms. The number of allylic oxidation sites excluding steroid dienone is 1. The number of aromatic hydroxyl groups is 1. The van der Waals surface area contributed by atoms with Gasteiger partial charge < -0.3 is 34.7 Å². The highest BCUT2D eigenvalue weighted by Gasteiger charge is 2.37. The molecule has 1 aliphatic carbocycles. The number of carbonyl (C=O) groups excluding carboxylic acids is 1. The third-order valence-electron chi connectivity index (χ3n) is 7.10. The van der Waals surface area contributed by atoms with Crippen LogP contribution >= 0.6 is 0 Å². The van der Waals surface area contributed by atoms with Crippen molar-refractivity contribution >= 4 is 17.2 Å². The fraction of sp³-hybridized carbons (Fsp3) is 0.300. The topological polar surface area (TPSA) is 98.3 Å². The number of ketones is 1. The number of anilines is 2. The van der Waals surface area contributed by atoms with Gasteiger partial charge in [0, 0.05) is 17.7 Å². The lowest BCUT2D eigenvalue weighted by Gasteiger charge is -2.30. The van der Waals surface area contributed by atoms with Gasteiger partial charge in [-0.05, 0) is 66.8 Å². The number of hydrogen-bond acceptors (Lipinski definition) is 8. The highest BCUT2D eigenvalue weighted by Crippen LogP contribution is 2.47. The molecule has 0 aromatic heterocycles. The van der Waals surface area contributed by atoms with Gasteiger partial charge in [-0.15, -0.1) is 0 Å². The van der Waals surface area contributed by atoms with E-state index in [2.05, 4.69) is 10.6 Å². The van der Waals surface area contributed by atoms with Crippen LogP contribution in [-0.2, 0) is 4.79 Å². The van der Waals surface area contributed by atoms with E-state index in [1.807, 2.05) is 49.4 Å². The molecule has 0 radical (unpaired) electrons. The molecule has 0 spiro atoms. The fourth-order valence-electron chi connectivity index (χ4n) is 5.27. The van der Waals surface area contributed by atoms with Gasteiger partial charge in [-0.25, -0.2) is 0 Å². The van der Waals surface area contributed by atoms with Crippen molar-refractivity contribution in [1.82, 2.24) is 0 Å². The number of para-hydroxylation sites is 2. The molecular formula is C30H32N2O6. The zero-order valence-electron chi connectivity index (χ0n) is 22.0. The van der Waals surface area contributed by atoms with E-state index in [0.29, 0.717) is 36.5 Å². The molecule has 0 fully saturated rings. The van der Waals surface area contributed by atoms with E-state index >= 15 is 0 Å². The van der Waals surface area contributed by atoms with Crippen LogP contribution in [0.5, 0.6) is 28.7 Å². The summed E-state index contributed by atoms with van der Waals surface area (Å²) in [5, 5.41) is 17.6. The number of rotatable bonds is 7. The molecule has 2 atom stereocenters. The fourth-order valence-corrected chi connectivity index (χ4v) is 5.27. The number of ether oxygens (including phenoxy) is 4. The van der Waals surface area contributed by atoms with Gasteiger partial charge in [0.05, 0.1) is 45.4 Å². The summed E-state index contributed by atoms with van der Waals surface area (Å²) in [5.74, 6) is 1.80. The van der Waals surface area contributed by atoms with Gasteiger partial charge in [0.15, 0.2) is 28.8 Å². The molecule has 3 aromatic carbocycles. The number of nitrogens with one attached hydrogen (secondary N) is 2. The molecule has 3 aromatic rings. The van der Waals surface area contributed by atoms with Crippen molar-refractivity contribution in [2.45, 2.75) is 31.7 Å². The largest absolute Gasteiger partial charge is 0.502 e. The maximum Gasteiger partial charge on any atom is 0.200 e. The van der Waals surface area contributed by atoms with Crippen LogP contribution in [0.25, 0.3) is 0 Å². The number of fused-ring (bicyclic) bond motifs is 1. The molecule has 38 heavy (non-hydrogen) atoms. The Morgan fingerprint density at radius 1 is 0.842 bits per heavy atom. The minimum absolute atomic E-state index is 0.0341. The second kappa shape index (κ2) is 10.6. The molecule has 5 rings (SSSR count). The minimum Gasteiger partial charge on any atom is -0.502 e. The number of phenolic OH excluding ortho intramolecular Hbond substituents is 1. The van der Waals surface area contributed by atoms with E-state index in [-0.39, 0.29) is 28.9 Å². The number of carbonyl (C=O) groups is 1. The molecule has 1 aliphatic heterocycles. The maximum absolute atomic E-state index is 13.9. The smallest absolute Gasteiger partial charge is 0.200 e. The van der Waals surface area contributed by atoms with Gasteiger partial charge in [0.25, 0.3) is 0 Å². The first-order valence-electron chi connectivity index (χ1n) is 12.6. The lowest BCUT2D eigenvalue weighted by Crippen LogP contribution is -2.27. The highest BCUT2D eigenvalue weighted by atomic mass is 16.5. The van der Waals surface area contributed by atoms with E-state index in [1.54, 1.807) is 19.2 Å². The Labute approximate surface area is 222 Å². The Balaban J connectivity index is 1.60. The molecule has 0 saturated heterocycles. The summed E-state index contributed by atoms with van der Waals surface area (Å²) < 4.78 is 22.1. The zero-order valence-corrected chi connectivity index (χ0v) is 22.0. The molecule has 2 aliphatic rings. The van der Waals surface area contributed by atoms with Gasteiger partial charge in [-0.2, -0.15) is 0 Å². The lowest BCUT2D eigenvalue weighted by molar-refractivity contribution is -0.116. The average molecular weight is 517 g/mol. The molecule has 2 unspecified atom stereocenters. The summed E-state index contributed by atoms with van der Waals surface area (Å²) in [6.45, 7) is 2.47. The predicted molar refractivity (Wildman–Crippen MR) is 146 cm³/mol. The zero-order chi connectivity index (χ0) is 26.8. The third kappa shape index (κ3) is 4.58. The van der Waals surface area contributed by atoms with Crippen LogP contribution in [0.15, 0.2) is 65.9 Å². The number of benzene rings is 3. The van der Waals surface area contributed by atoms with Crippen molar-refractivity contribution in [3.63, 3.8) is 0 Å². The molecular weight excluding hydrogens is 484 g/mol. The van der Waals surface area contributed by atoms with Crippen molar-refractivity contribution < 1.29 is 28.8 Å². The second-order valence-electron chi connectivity index (χ2n) is 9.29. The van der Waals surface area contributed by atoms with Crippen molar-refractivity contribution in [2.75, 3.05) is 38.6 Å². The number of Topliss-reactive ketones (excluding diaryl/α,β-unsaturated/α-hetero) is 1. The molecule has 3 N–H and O–H groups in total. The van der Waals surface area contributed by atoms with Crippen LogP contribution in [0.2, 0.25) is 0 Å². The molecule has 8 heteroatoms. The first-order valence-corrected chi connectivity index (χ1v) is 12.6. The van der Waals surface area contributed by atoms with E-state index in [1.165, 1.54) is 14.2 Å². The number of hydrogen-bond donors (Lipinski definition) is 3. The first-order chi connectivity index (χ1) is 18.5. The Morgan fingerprint density at radius 3 is 2.16 bits per heavy atom. The van der Waals surface area contributed by atoms with Crippen LogP contribution in [0.4, 0.5) is 11.4 Å². The summed E-state index contributed by atoms with van der Waals surface area (Å²) >= 11 is 0. The van der Waals surface area contributed by atoms with Crippen LogP contribution in [0.1, 0.15) is 42.9 Å². The van der Waals surface area contributed by atoms with Crippen molar-refractivity contribution in [3.05, 3.63) is 77.0 Å². The summed E-state index contributed by atoms with van der Waals surface area (Å²) in [4.78, 5) is 13.9. The monoisotopic (exact) mass is 516 g/mol. The van der Waals surface area contributed by atoms with E-state index in [9.17, 15) is 9.90 Å². The Kier molecular flexibility index (Phi) is 7.05. The maximum atomic E-state index is 13.9. The molecule has 0 amide bonds. The lowest BCUT2D eigenvalue weighted by atomic mass is 9.78. The molecule has 1 heterocycles. The Hall–Kier alpha value is -4.33. The third-order valence-corrected chi connectivity index (χ3v) is 7.10. The summed E-state index contributed by atoms with van der Waals surface area (Å²) in [7, 11) is 4.60. The van der Waals surface area contributed by atoms with Gasteiger partial charge in [-0.1, -0.05) is 18.2 Å². The van der Waals surface area contributed by atoms with Crippen molar-refractivity contribution in [3.8, 4) is 28.7 Å². The van der Waals surface area contributed by atoms with Crippen LogP contribution in [-0.4, -0.2) is 38.8 Å². The normalized spacial score (nSPS) is 18.4. The Morgan fingerprint density at radius 2 is 1.50 bits per heavy atom. The van der Waals surface area contributed by atoms with E-state index in [0.717, 1.165) is 28.2 Å². The van der Waals surface area contributed by atoms with E-state index in [4.69, 9.17) is 18.9 Å². The molecule has 8 nitrogen and oxygen atoms in total. The standard InChI is InChI=1S/C30H32N2O6/c1-5-38-24-11-10-17(14-25(24)35-2)18-12-22-28(23(33)13-18)29(32-21-9-7-6-8-20(21)31-22)19-15-26(36-3)30(34)27(16-19)37-4/h6-11,14-16,18,29,31-32,34H,5,12-13H2,1-4H3. The van der Waals surface area contributed by atoms with Gasteiger partial charge in [-0.3, -0.25) is 4.79 Å². The minimum atomic E-state index is -0.479. The SMILES string of the molecule is CCOc1ccc(C2CC(=O)C3=C(C2)Nc2ccccc2NC3c2cc(OC)c(O)c(OC)c2)cc1OC. The van der Waals surface area contributed by atoms with Crippen LogP contribution < -0.4 is 29.6 Å². The van der Waals surface area contributed by atoms with Crippen LogP contribution in [0.3, 0.4) is 0 Å². The van der Waals surface area contributed by atoms with Gasteiger partial charge in [0.2, 0.25) is 5.75 Å². The summed E-state index contributed by atoms with van der Waals surface area (Å²) in [6.07, 6.45) is 0.982. The highest BCUT2D eigenvalue weighted by molar-refractivity contribution is 6.01. The first kappa shape index (κ1) is 25.3. The average Bonchev–Trinajstić information content (AvgIpc) is 3.10. The van der Waals surface area contributed by atoms with Crippen molar-refractivity contribution in [1.29, 1.82) is 0 Å². The number of methoxy groups -OCH3 is 3.